The Morgan fingerprint density at radius 3 is 2.62 bits per heavy atom. The molecule has 8 heteroatoms. The number of rotatable bonds is 4. The first kappa shape index (κ1) is 16.5. The lowest BCUT2D eigenvalue weighted by Crippen LogP contribution is -2.33. The van der Waals surface area contributed by atoms with E-state index in [1.165, 1.54) is 12.1 Å². The fraction of sp³-hybridized carbons (Fsp3) is 0.188. The van der Waals surface area contributed by atoms with Gasteiger partial charge in [-0.1, -0.05) is 29.3 Å². The fourth-order valence-corrected chi connectivity index (χ4v) is 3.10. The molecule has 0 bridgehead atoms. The zero-order valence-corrected chi connectivity index (χ0v) is 13.9. The molecule has 1 heterocycles. The van der Waals surface area contributed by atoms with Crippen LogP contribution in [0, 0.1) is 10.1 Å². The Hall–Kier alpha value is -2.31. The minimum atomic E-state index is -0.451. The zero-order valence-electron chi connectivity index (χ0n) is 12.4. The molecule has 3 rings (SSSR count). The van der Waals surface area contributed by atoms with Gasteiger partial charge in [-0.3, -0.25) is 14.9 Å². The molecule has 0 atom stereocenters. The highest BCUT2D eigenvalue weighted by molar-refractivity contribution is 6.37. The van der Waals surface area contributed by atoms with E-state index >= 15 is 0 Å². The second-order valence-corrected chi connectivity index (χ2v) is 6.02. The number of non-ortho nitro benzene ring substituents is 1. The molecule has 24 heavy (non-hydrogen) atoms. The highest BCUT2D eigenvalue weighted by atomic mass is 35.5. The molecule has 0 saturated carbocycles. The lowest BCUT2D eigenvalue weighted by molar-refractivity contribution is -0.384. The normalized spacial score (nSPS) is 12.8. The highest BCUT2D eigenvalue weighted by Crippen LogP contribution is 2.34. The largest absolute Gasteiger partial charge is 0.481 e. The van der Waals surface area contributed by atoms with Crippen molar-refractivity contribution in [3.63, 3.8) is 0 Å². The fourth-order valence-electron chi connectivity index (χ4n) is 2.59. The molecular weight excluding hydrogens is 355 g/mol. The van der Waals surface area contributed by atoms with Crippen molar-refractivity contribution in [2.24, 2.45) is 0 Å². The minimum absolute atomic E-state index is 0.0159. The number of fused-ring (bicyclic) bond motifs is 1. The van der Waals surface area contributed by atoms with Gasteiger partial charge in [0.15, 0.2) is 12.4 Å². The Morgan fingerprint density at radius 2 is 1.96 bits per heavy atom. The first-order valence-electron chi connectivity index (χ1n) is 7.12. The van der Waals surface area contributed by atoms with E-state index in [0.29, 0.717) is 28.7 Å². The van der Waals surface area contributed by atoms with Crippen LogP contribution in [0.15, 0.2) is 36.4 Å². The van der Waals surface area contributed by atoms with Gasteiger partial charge in [-0.15, -0.1) is 0 Å². The number of anilines is 1. The first-order chi connectivity index (χ1) is 11.5. The Balaban J connectivity index is 1.73. The molecule has 2 aromatic rings. The maximum absolute atomic E-state index is 12.4. The number of hydrogen-bond donors (Lipinski definition) is 0. The van der Waals surface area contributed by atoms with Gasteiger partial charge in [0, 0.05) is 24.4 Å². The van der Waals surface area contributed by atoms with Gasteiger partial charge in [0.1, 0.15) is 0 Å². The van der Waals surface area contributed by atoms with Crippen LogP contribution in [0.3, 0.4) is 0 Å². The van der Waals surface area contributed by atoms with Gasteiger partial charge < -0.3 is 9.64 Å². The van der Waals surface area contributed by atoms with Crippen molar-refractivity contribution in [3.8, 4) is 5.75 Å². The summed E-state index contributed by atoms with van der Waals surface area (Å²) in [6, 6.07) is 9.39. The molecule has 0 fully saturated rings. The van der Waals surface area contributed by atoms with Crippen LogP contribution in [0.4, 0.5) is 11.4 Å². The highest BCUT2D eigenvalue weighted by Gasteiger charge is 2.26. The van der Waals surface area contributed by atoms with Crippen LogP contribution in [0.25, 0.3) is 0 Å². The van der Waals surface area contributed by atoms with Gasteiger partial charge in [-0.05, 0) is 30.2 Å². The number of nitro benzene ring substituents is 1. The van der Waals surface area contributed by atoms with E-state index in [0.717, 1.165) is 5.56 Å². The van der Waals surface area contributed by atoms with Gasteiger partial charge >= 0.3 is 0 Å². The van der Waals surface area contributed by atoms with E-state index in [4.69, 9.17) is 27.9 Å². The third-order valence-electron chi connectivity index (χ3n) is 3.73. The van der Waals surface area contributed by atoms with Crippen LogP contribution < -0.4 is 9.64 Å². The Labute approximate surface area is 147 Å². The number of nitro groups is 1. The minimum Gasteiger partial charge on any atom is -0.481 e. The van der Waals surface area contributed by atoms with Gasteiger partial charge in [-0.2, -0.15) is 0 Å². The topological polar surface area (TPSA) is 72.7 Å². The molecule has 2 aromatic carbocycles. The quantitative estimate of drug-likeness (QED) is 0.608. The number of carbonyl (C=O) groups is 1. The van der Waals surface area contributed by atoms with E-state index in [2.05, 4.69) is 0 Å². The number of amides is 1. The van der Waals surface area contributed by atoms with Crippen molar-refractivity contribution in [3.05, 3.63) is 62.1 Å². The predicted molar refractivity (Wildman–Crippen MR) is 91.1 cm³/mol. The van der Waals surface area contributed by atoms with E-state index in [1.54, 1.807) is 29.2 Å². The predicted octanol–water partition coefficient (Wildman–Crippen LogP) is 3.87. The van der Waals surface area contributed by atoms with Gasteiger partial charge in [0.2, 0.25) is 0 Å². The Bertz CT molecular complexity index is 805. The van der Waals surface area contributed by atoms with E-state index in [1.807, 2.05) is 0 Å². The second-order valence-electron chi connectivity index (χ2n) is 5.20. The molecule has 0 saturated heterocycles. The van der Waals surface area contributed by atoms with Crippen LogP contribution in [-0.2, 0) is 11.2 Å². The van der Waals surface area contributed by atoms with Crippen molar-refractivity contribution in [2.45, 2.75) is 6.42 Å². The monoisotopic (exact) mass is 366 g/mol. The molecule has 0 aromatic heterocycles. The van der Waals surface area contributed by atoms with Gasteiger partial charge in [-0.25, -0.2) is 0 Å². The summed E-state index contributed by atoms with van der Waals surface area (Å²) >= 11 is 12.0. The molecule has 124 valence electrons. The molecule has 0 N–H and O–H groups in total. The van der Waals surface area contributed by atoms with E-state index in [-0.39, 0.29) is 24.0 Å². The number of benzene rings is 2. The molecule has 0 unspecified atom stereocenters. The van der Waals surface area contributed by atoms with Crippen LogP contribution >= 0.6 is 23.2 Å². The van der Waals surface area contributed by atoms with Gasteiger partial charge in [0.05, 0.1) is 15.0 Å². The lowest BCUT2D eigenvalue weighted by Gasteiger charge is -2.18. The molecule has 0 spiro atoms. The number of para-hydroxylation sites is 1. The second kappa shape index (κ2) is 6.67. The van der Waals surface area contributed by atoms with Gasteiger partial charge in [0.25, 0.3) is 11.6 Å². The third-order valence-corrected chi connectivity index (χ3v) is 4.32. The zero-order chi connectivity index (χ0) is 17.3. The molecular formula is C16H12Cl2N2O4. The van der Waals surface area contributed by atoms with Crippen molar-refractivity contribution in [2.75, 3.05) is 18.1 Å². The number of ether oxygens (including phenoxy) is 1. The maximum Gasteiger partial charge on any atom is 0.269 e. The number of hydrogen-bond acceptors (Lipinski definition) is 4. The average molecular weight is 367 g/mol. The molecule has 1 aliphatic rings. The summed E-state index contributed by atoms with van der Waals surface area (Å²) in [4.78, 5) is 24.3. The van der Waals surface area contributed by atoms with Crippen LogP contribution in [0.2, 0.25) is 10.0 Å². The van der Waals surface area contributed by atoms with Crippen molar-refractivity contribution in [1.29, 1.82) is 0 Å². The lowest BCUT2D eigenvalue weighted by atomic mass is 10.1. The first-order valence-corrected chi connectivity index (χ1v) is 7.87. The Morgan fingerprint density at radius 1 is 1.25 bits per heavy atom. The molecule has 6 nitrogen and oxygen atoms in total. The molecule has 0 radical (unpaired) electrons. The average Bonchev–Trinajstić information content (AvgIpc) is 2.97. The SMILES string of the molecule is O=C(COc1c(Cl)cccc1Cl)N1CCc2cc([N+](=O)[O-])ccc21. The molecule has 1 amide bonds. The van der Waals surface area contributed by atoms with E-state index < -0.39 is 4.92 Å². The summed E-state index contributed by atoms with van der Waals surface area (Å²) in [6.07, 6.45) is 0.565. The van der Waals surface area contributed by atoms with Crippen molar-refractivity contribution in [1.82, 2.24) is 0 Å². The summed E-state index contributed by atoms with van der Waals surface area (Å²) < 4.78 is 5.46. The maximum atomic E-state index is 12.4. The van der Waals surface area contributed by atoms with Crippen molar-refractivity contribution < 1.29 is 14.5 Å². The van der Waals surface area contributed by atoms with E-state index in [9.17, 15) is 14.9 Å². The summed E-state index contributed by atoms with van der Waals surface area (Å²) in [5, 5.41) is 11.5. The molecule has 1 aliphatic heterocycles. The summed E-state index contributed by atoms with van der Waals surface area (Å²) in [5.41, 5.74) is 1.45. The van der Waals surface area contributed by atoms with Crippen LogP contribution in [0.1, 0.15) is 5.56 Å². The van der Waals surface area contributed by atoms with Crippen LogP contribution in [-0.4, -0.2) is 24.0 Å². The number of halogens is 2. The summed E-state index contributed by atoms with van der Waals surface area (Å²) in [5.74, 6) is -0.00380. The standard InChI is InChI=1S/C16H12Cl2N2O4/c17-12-2-1-3-13(18)16(12)24-9-15(21)19-7-6-10-8-11(20(22)23)4-5-14(10)19/h1-5,8H,6-7,9H2. The number of carbonyl (C=O) groups excluding carboxylic acids is 1. The number of nitrogens with zero attached hydrogens (tertiary/aromatic N) is 2. The summed E-state index contributed by atoms with van der Waals surface area (Å²) in [7, 11) is 0. The van der Waals surface area contributed by atoms with Crippen LogP contribution in [0.5, 0.6) is 5.75 Å². The third kappa shape index (κ3) is 3.16. The summed E-state index contributed by atoms with van der Waals surface area (Å²) in [6.45, 7) is 0.231. The smallest absolute Gasteiger partial charge is 0.269 e. The Kier molecular flexibility index (Phi) is 4.59. The van der Waals surface area contributed by atoms with Crippen molar-refractivity contribution >= 4 is 40.5 Å². The molecule has 0 aliphatic carbocycles.